The highest BCUT2D eigenvalue weighted by molar-refractivity contribution is 7.17. The second-order valence-corrected chi connectivity index (χ2v) is 6.27. The minimum atomic E-state index is -0.0912. The molecule has 8 heteroatoms. The molecule has 0 bridgehead atoms. The first-order chi connectivity index (χ1) is 10.5. The lowest BCUT2D eigenvalue weighted by Crippen LogP contribution is -2.21. The van der Waals surface area contributed by atoms with E-state index >= 15 is 0 Å². The number of benzene rings is 1. The number of rotatable bonds is 3. The van der Waals surface area contributed by atoms with Crippen LogP contribution < -0.4 is 11.5 Å². The Balaban J connectivity index is 2.16. The number of hydrogen-bond donors (Lipinski definition) is 2. The van der Waals surface area contributed by atoms with Gasteiger partial charge >= 0.3 is 0 Å². The van der Waals surface area contributed by atoms with E-state index in [1.54, 1.807) is 17.6 Å². The summed E-state index contributed by atoms with van der Waals surface area (Å²) < 4.78 is 1.97. The van der Waals surface area contributed by atoms with Crippen LogP contribution in [0.2, 0.25) is 5.02 Å². The van der Waals surface area contributed by atoms with Gasteiger partial charge in [-0.2, -0.15) is 5.10 Å². The number of thiazole rings is 1. The van der Waals surface area contributed by atoms with E-state index in [0.717, 1.165) is 26.8 Å². The van der Waals surface area contributed by atoms with Gasteiger partial charge in [0, 0.05) is 21.7 Å². The molecule has 0 fully saturated rings. The number of imidazole rings is 1. The molecule has 6 nitrogen and oxygen atoms in total. The number of fused-ring (bicyclic) bond motifs is 1. The smallest absolute Gasteiger partial charge is 0.211 e. The Morgan fingerprint density at radius 1 is 1.32 bits per heavy atom. The molecule has 3 aromatic rings. The Hall–Kier alpha value is -2.38. The third kappa shape index (κ3) is 2.81. The van der Waals surface area contributed by atoms with Crippen molar-refractivity contribution in [2.45, 2.75) is 6.92 Å². The molecule has 0 radical (unpaired) electrons. The fourth-order valence-corrected chi connectivity index (χ4v) is 3.02. The Bertz CT molecular complexity index is 871. The van der Waals surface area contributed by atoms with Gasteiger partial charge in [-0.05, 0) is 19.1 Å². The lowest BCUT2D eigenvalue weighted by atomic mass is 10.1. The van der Waals surface area contributed by atoms with E-state index in [4.69, 9.17) is 23.1 Å². The van der Waals surface area contributed by atoms with Crippen molar-refractivity contribution >= 4 is 40.1 Å². The fraction of sp³-hybridized carbons (Fsp3) is 0.0714. The van der Waals surface area contributed by atoms with Crippen LogP contribution in [0.5, 0.6) is 0 Å². The van der Waals surface area contributed by atoms with Crippen LogP contribution in [0.4, 0.5) is 0 Å². The summed E-state index contributed by atoms with van der Waals surface area (Å²) in [6.45, 7) is 2.03. The van der Waals surface area contributed by atoms with E-state index in [2.05, 4.69) is 15.2 Å². The van der Waals surface area contributed by atoms with E-state index in [-0.39, 0.29) is 5.96 Å². The van der Waals surface area contributed by atoms with E-state index in [9.17, 15) is 0 Å². The van der Waals surface area contributed by atoms with Gasteiger partial charge < -0.3 is 11.5 Å². The summed E-state index contributed by atoms with van der Waals surface area (Å²) in [6, 6.07) is 7.48. The molecule has 2 heterocycles. The summed E-state index contributed by atoms with van der Waals surface area (Å²) in [5, 5.41) is 8.23. The highest BCUT2D eigenvalue weighted by Crippen LogP contribution is 2.28. The van der Waals surface area contributed by atoms with Crippen molar-refractivity contribution < 1.29 is 0 Å². The first kappa shape index (κ1) is 14.6. The third-order valence-corrected chi connectivity index (χ3v) is 4.10. The molecular formula is C14H13ClN6S. The van der Waals surface area contributed by atoms with Gasteiger partial charge in [0.2, 0.25) is 5.96 Å². The molecule has 0 saturated heterocycles. The van der Waals surface area contributed by atoms with Gasteiger partial charge in [-0.3, -0.25) is 4.40 Å². The van der Waals surface area contributed by atoms with Crippen LogP contribution in [-0.4, -0.2) is 21.6 Å². The van der Waals surface area contributed by atoms with Gasteiger partial charge in [0.15, 0.2) is 4.96 Å². The van der Waals surface area contributed by atoms with Crippen molar-refractivity contribution in [3.63, 3.8) is 0 Å². The summed E-state index contributed by atoms with van der Waals surface area (Å²) in [7, 11) is 0. The van der Waals surface area contributed by atoms with Crippen molar-refractivity contribution in [2.75, 3.05) is 0 Å². The Morgan fingerprint density at radius 3 is 2.73 bits per heavy atom. The molecule has 0 amide bonds. The van der Waals surface area contributed by atoms with Crippen molar-refractivity contribution in [3.05, 3.63) is 46.1 Å². The van der Waals surface area contributed by atoms with Crippen molar-refractivity contribution in [3.8, 4) is 11.3 Å². The third-order valence-electron chi connectivity index (χ3n) is 2.95. The normalized spacial score (nSPS) is 11.4. The largest absolute Gasteiger partial charge is 0.369 e. The summed E-state index contributed by atoms with van der Waals surface area (Å²) in [5.74, 6) is -0.0912. The van der Waals surface area contributed by atoms with Crippen LogP contribution in [0, 0.1) is 6.92 Å². The molecule has 4 N–H and O–H groups in total. The number of guanidine groups is 1. The second kappa shape index (κ2) is 5.78. The minimum Gasteiger partial charge on any atom is -0.369 e. The summed E-state index contributed by atoms with van der Waals surface area (Å²) in [5.41, 5.74) is 13.2. The van der Waals surface area contributed by atoms with E-state index in [1.165, 1.54) is 0 Å². The molecular weight excluding hydrogens is 320 g/mol. The predicted octanol–water partition coefficient (Wildman–Crippen LogP) is 2.63. The molecule has 2 aromatic heterocycles. The van der Waals surface area contributed by atoms with Gasteiger partial charge in [0.1, 0.15) is 0 Å². The maximum Gasteiger partial charge on any atom is 0.211 e. The van der Waals surface area contributed by atoms with Gasteiger partial charge in [0.25, 0.3) is 0 Å². The zero-order valence-corrected chi connectivity index (χ0v) is 13.3. The molecule has 1 aromatic carbocycles. The molecule has 0 aliphatic rings. The SMILES string of the molecule is Cc1cn2c(/C=N/N=C(N)N)c(-c3ccc(Cl)cc3)nc2s1. The van der Waals surface area contributed by atoms with Gasteiger partial charge in [0.05, 0.1) is 17.6 Å². The zero-order chi connectivity index (χ0) is 15.7. The summed E-state index contributed by atoms with van der Waals surface area (Å²) >= 11 is 7.54. The Kier molecular flexibility index (Phi) is 3.82. The van der Waals surface area contributed by atoms with E-state index in [0.29, 0.717) is 5.02 Å². The van der Waals surface area contributed by atoms with Gasteiger partial charge in [-0.25, -0.2) is 4.98 Å². The lowest BCUT2D eigenvalue weighted by Gasteiger charge is -1.99. The van der Waals surface area contributed by atoms with E-state index < -0.39 is 0 Å². The number of aromatic nitrogens is 2. The van der Waals surface area contributed by atoms with Gasteiger partial charge in [-0.15, -0.1) is 16.4 Å². The Morgan fingerprint density at radius 2 is 2.05 bits per heavy atom. The fourth-order valence-electron chi connectivity index (χ4n) is 2.07. The predicted molar refractivity (Wildman–Crippen MR) is 91.7 cm³/mol. The van der Waals surface area contributed by atoms with Crippen LogP contribution in [0.15, 0.2) is 40.7 Å². The van der Waals surface area contributed by atoms with E-state index in [1.807, 2.05) is 41.8 Å². The monoisotopic (exact) mass is 332 g/mol. The number of nitrogens with zero attached hydrogens (tertiary/aromatic N) is 4. The van der Waals surface area contributed by atoms with Crippen LogP contribution in [0.3, 0.4) is 0 Å². The molecule has 0 spiro atoms. The molecule has 0 saturated carbocycles. The van der Waals surface area contributed by atoms with Crippen LogP contribution in [-0.2, 0) is 0 Å². The summed E-state index contributed by atoms with van der Waals surface area (Å²) in [4.78, 5) is 6.70. The quantitative estimate of drug-likeness (QED) is 0.438. The molecule has 0 aliphatic carbocycles. The van der Waals surface area contributed by atoms with Crippen molar-refractivity contribution in [1.82, 2.24) is 9.38 Å². The standard InChI is InChI=1S/C14H13ClN6S/c1-8-7-21-11(6-18-20-13(16)17)12(19-14(21)22-8)9-2-4-10(15)5-3-9/h2-7H,1H3,(H4,16,17,20)/b18-6+. The van der Waals surface area contributed by atoms with Gasteiger partial charge in [-0.1, -0.05) is 23.7 Å². The average Bonchev–Trinajstić information content (AvgIpc) is 2.97. The molecule has 0 aliphatic heterocycles. The van der Waals surface area contributed by atoms with Crippen LogP contribution >= 0.6 is 22.9 Å². The molecule has 0 atom stereocenters. The highest BCUT2D eigenvalue weighted by atomic mass is 35.5. The van der Waals surface area contributed by atoms with Crippen LogP contribution in [0.1, 0.15) is 10.6 Å². The first-order valence-corrected chi connectivity index (χ1v) is 7.60. The zero-order valence-electron chi connectivity index (χ0n) is 11.7. The first-order valence-electron chi connectivity index (χ1n) is 6.41. The molecule has 22 heavy (non-hydrogen) atoms. The molecule has 112 valence electrons. The maximum absolute atomic E-state index is 5.94. The van der Waals surface area contributed by atoms with Crippen molar-refractivity contribution in [1.29, 1.82) is 0 Å². The van der Waals surface area contributed by atoms with Crippen molar-refractivity contribution in [2.24, 2.45) is 21.7 Å². The minimum absolute atomic E-state index is 0.0912. The lowest BCUT2D eigenvalue weighted by molar-refractivity contribution is 1.17. The number of aryl methyl sites for hydroxylation is 1. The number of nitrogens with two attached hydrogens (primary N) is 2. The summed E-state index contributed by atoms with van der Waals surface area (Å²) in [6.07, 6.45) is 3.60. The van der Waals surface area contributed by atoms with Crippen LogP contribution in [0.25, 0.3) is 16.2 Å². The topological polar surface area (TPSA) is 94.1 Å². The molecule has 3 rings (SSSR count). The number of hydrogen-bond acceptors (Lipinski definition) is 4. The Labute approximate surface area is 135 Å². The number of halogens is 1. The maximum atomic E-state index is 5.94. The second-order valence-electron chi connectivity index (χ2n) is 4.62. The molecule has 0 unspecified atom stereocenters. The average molecular weight is 333 g/mol. The highest BCUT2D eigenvalue weighted by Gasteiger charge is 2.14.